The first kappa shape index (κ1) is 19.0. The summed E-state index contributed by atoms with van der Waals surface area (Å²) in [5.41, 5.74) is -3.66. The first-order valence-electron chi connectivity index (χ1n) is 8.68. The highest BCUT2D eigenvalue weighted by Crippen LogP contribution is 2.30. The van der Waals surface area contributed by atoms with Crippen molar-refractivity contribution in [3.05, 3.63) is 62.6 Å². The van der Waals surface area contributed by atoms with E-state index in [-0.39, 0.29) is 27.3 Å². The highest BCUT2D eigenvalue weighted by atomic mass is 19.4. The van der Waals surface area contributed by atoms with Crippen LogP contribution in [0.1, 0.15) is 18.4 Å². The number of nitrogens with zero attached hydrogens (tertiary/aromatic N) is 4. The maximum absolute atomic E-state index is 14.6. The first-order valence-corrected chi connectivity index (χ1v) is 8.68. The van der Waals surface area contributed by atoms with Gasteiger partial charge >= 0.3 is 11.9 Å². The fourth-order valence-corrected chi connectivity index (χ4v) is 3.37. The van der Waals surface area contributed by atoms with Crippen molar-refractivity contribution in [1.82, 2.24) is 14.3 Å². The first-order chi connectivity index (χ1) is 13.7. The molecular weight excluding hydrogens is 396 g/mol. The third-order valence-electron chi connectivity index (χ3n) is 4.80. The van der Waals surface area contributed by atoms with Crippen LogP contribution in [0, 0.1) is 5.82 Å². The molecule has 1 saturated heterocycles. The van der Waals surface area contributed by atoms with Gasteiger partial charge in [0, 0.05) is 13.1 Å². The summed E-state index contributed by atoms with van der Waals surface area (Å²) in [7, 11) is 0. The van der Waals surface area contributed by atoms with E-state index < -0.39 is 28.8 Å². The number of fused-ring (bicyclic) bond motifs is 1. The second-order valence-electron chi connectivity index (χ2n) is 6.64. The van der Waals surface area contributed by atoms with Gasteiger partial charge in [0.15, 0.2) is 17.3 Å². The molecule has 0 radical (unpaired) electrons. The molecule has 0 bridgehead atoms. The summed E-state index contributed by atoms with van der Waals surface area (Å²) in [5.74, 6) is -0.862. The number of rotatable bonds is 2. The van der Waals surface area contributed by atoms with Crippen LogP contribution in [-0.4, -0.2) is 32.6 Å². The smallest absolute Gasteiger partial charge is 0.416 e. The predicted octanol–water partition coefficient (Wildman–Crippen LogP) is 2.54. The Morgan fingerprint density at radius 1 is 1.03 bits per heavy atom. The van der Waals surface area contributed by atoms with Gasteiger partial charge in [0.1, 0.15) is 0 Å². The molecule has 0 unspecified atom stereocenters. The van der Waals surface area contributed by atoms with E-state index in [1.165, 1.54) is 0 Å². The Morgan fingerprint density at radius 3 is 2.24 bits per heavy atom. The van der Waals surface area contributed by atoms with Crippen LogP contribution in [0.5, 0.6) is 0 Å². The summed E-state index contributed by atoms with van der Waals surface area (Å²) in [6.45, 7) is 1.08. The highest BCUT2D eigenvalue weighted by molar-refractivity contribution is 5.78. The number of hydrogen-bond donors (Lipinski definition) is 1. The van der Waals surface area contributed by atoms with Gasteiger partial charge in [-0.25, -0.2) is 18.7 Å². The molecule has 1 fully saturated rings. The van der Waals surface area contributed by atoms with Gasteiger partial charge in [0.25, 0.3) is 5.56 Å². The van der Waals surface area contributed by atoms with Crippen LogP contribution in [-0.2, 0) is 6.18 Å². The number of pyridine rings is 1. The molecule has 0 amide bonds. The quantitative estimate of drug-likeness (QED) is 0.519. The van der Waals surface area contributed by atoms with Crippen molar-refractivity contribution in [1.29, 1.82) is 0 Å². The molecule has 4 rings (SSSR count). The van der Waals surface area contributed by atoms with E-state index in [1.807, 2.05) is 0 Å². The molecule has 1 aliphatic rings. The summed E-state index contributed by atoms with van der Waals surface area (Å²) in [6, 6.07) is 4.39. The topological polar surface area (TPSA) is 80.4 Å². The zero-order chi connectivity index (χ0) is 20.9. The van der Waals surface area contributed by atoms with Crippen molar-refractivity contribution in [3.63, 3.8) is 0 Å². The van der Waals surface area contributed by atoms with Crippen molar-refractivity contribution in [2.24, 2.45) is 0 Å². The number of aromatic nitrogens is 3. The van der Waals surface area contributed by atoms with Crippen molar-refractivity contribution < 1.29 is 22.8 Å². The minimum Gasteiger partial charge on any atom is -0.421 e. The lowest BCUT2D eigenvalue weighted by Crippen LogP contribution is -2.39. The van der Waals surface area contributed by atoms with E-state index in [2.05, 4.69) is 4.98 Å². The standard InChI is InChI=1S/C18H14F4N4O3/c19-13-9-12-14(23-15(13)24-7-1-2-8-24)25(17(28)26(29)16(12)27)11-5-3-10(4-6-11)18(20,21)22/h3-6,9,29H,1-2,7-8H2. The zero-order valence-electron chi connectivity index (χ0n) is 14.8. The molecule has 3 aromatic rings. The van der Waals surface area contributed by atoms with Crippen molar-refractivity contribution in [2.45, 2.75) is 19.0 Å². The van der Waals surface area contributed by atoms with E-state index in [0.29, 0.717) is 13.1 Å². The average molecular weight is 410 g/mol. The largest absolute Gasteiger partial charge is 0.421 e. The molecule has 1 aromatic carbocycles. The van der Waals surface area contributed by atoms with Crippen LogP contribution in [0.4, 0.5) is 23.4 Å². The second kappa shape index (κ2) is 6.61. The van der Waals surface area contributed by atoms with Crippen LogP contribution in [0.25, 0.3) is 16.7 Å². The Kier molecular flexibility index (Phi) is 4.32. The Bertz CT molecular complexity index is 1210. The molecular formula is C18H14F4N4O3. The fourth-order valence-electron chi connectivity index (χ4n) is 3.37. The molecule has 152 valence electrons. The number of halogens is 4. The van der Waals surface area contributed by atoms with E-state index in [0.717, 1.165) is 47.7 Å². The summed E-state index contributed by atoms with van der Waals surface area (Å²) in [6.07, 6.45) is -2.93. The van der Waals surface area contributed by atoms with Gasteiger partial charge in [-0.3, -0.25) is 4.79 Å². The lowest BCUT2D eigenvalue weighted by Gasteiger charge is -2.19. The van der Waals surface area contributed by atoms with Gasteiger partial charge in [-0.15, -0.1) is 0 Å². The normalized spacial score (nSPS) is 14.7. The molecule has 3 heterocycles. The number of hydrogen-bond acceptors (Lipinski definition) is 5. The van der Waals surface area contributed by atoms with Crippen molar-refractivity contribution in [2.75, 3.05) is 18.0 Å². The minimum absolute atomic E-state index is 0.0647. The van der Waals surface area contributed by atoms with Crippen LogP contribution in [0.15, 0.2) is 39.9 Å². The molecule has 0 aliphatic carbocycles. The maximum atomic E-state index is 14.6. The molecule has 1 N–H and O–H groups in total. The maximum Gasteiger partial charge on any atom is 0.416 e. The lowest BCUT2D eigenvalue weighted by atomic mass is 10.2. The second-order valence-corrected chi connectivity index (χ2v) is 6.64. The summed E-state index contributed by atoms with van der Waals surface area (Å²) < 4.78 is 53.6. The number of benzene rings is 1. The molecule has 1 aliphatic heterocycles. The van der Waals surface area contributed by atoms with Crippen molar-refractivity contribution in [3.8, 4) is 5.69 Å². The third-order valence-corrected chi connectivity index (χ3v) is 4.80. The molecule has 2 aromatic heterocycles. The monoisotopic (exact) mass is 410 g/mol. The third kappa shape index (κ3) is 3.12. The van der Waals surface area contributed by atoms with Crippen LogP contribution >= 0.6 is 0 Å². The van der Waals surface area contributed by atoms with Gasteiger partial charge in [-0.05, 0) is 43.2 Å². The fraction of sp³-hybridized carbons (Fsp3) is 0.278. The van der Waals surface area contributed by atoms with E-state index >= 15 is 0 Å². The lowest BCUT2D eigenvalue weighted by molar-refractivity contribution is -0.137. The zero-order valence-corrected chi connectivity index (χ0v) is 14.8. The van der Waals surface area contributed by atoms with Crippen LogP contribution < -0.4 is 16.1 Å². The van der Waals surface area contributed by atoms with Gasteiger partial charge in [0.2, 0.25) is 0 Å². The summed E-state index contributed by atoms with van der Waals surface area (Å²) in [5, 5.41) is 9.45. The Labute approximate surface area is 160 Å². The van der Waals surface area contributed by atoms with Crippen molar-refractivity contribution >= 4 is 16.9 Å². The van der Waals surface area contributed by atoms with Gasteiger partial charge in [-0.2, -0.15) is 13.2 Å². The molecule has 29 heavy (non-hydrogen) atoms. The Morgan fingerprint density at radius 2 is 1.66 bits per heavy atom. The van der Waals surface area contributed by atoms with Crippen LogP contribution in [0.3, 0.4) is 0 Å². The average Bonchev–Trinajstić information content (AvgIpc) is 3.21. The van der Waals surface area contributed by atoms with Gasteiger partial charge in [0.05, 0.1) is 16.6 Å². The number of anilines is 1. The van der Waals surface area contributed by atoms with E-state index in [4.69, 9.17) is 0 Å². The SMILES string of the molecule is O=c1c2cc(F)c(N3CCCC3)nc2n(-c2ccc(C(F)(F)F)cc2)c(=O)n1O. The van der Waals surface area contributed by atoms with Gasteiger partial charge in [-0.1, -0.05) is 4.73 Å². The van der Waals surface area contributed by atoms with Gasteiger partial charge < -0.3 is 10.1 Å². The molecule has 0 atom stereocenters. The highest BCUT2D eigenvalue weighted by Gasteiger charge is 2.30. The Hall–Kier alpha value is -3.37. The number of alkyl halides is 3. The van der Waals surface area contributed by atoms with Crippen LogP contribution in [0.2, 0.25) is 0 Å². The minimum atomic E-state index is -4.58. The molecule has 0 saturated carbocycles. The van der Waals surface area contributed by atoms with E-state index in [1.54, 1.807) is 4.90 Å². The molecule has 0 spiro atoms. The predicted molar refractivity (Wildman–Crippen MR) is 95.2 cm³/mol. The molecule has 7 nitrogen and oxygen atoms in total. The van der Waals surface area contributed by atoms with E-state index in [9.17, 15) is 32.4 Å². The molecule has 11 heteroatoms. The summed E-state index contributed by atoms with van der Waals surface area (Å²) >= 11 is 0. The Balaban J connectivity index is 2.00. The summed E-state index contributed by atoms with van der Waals surface area (Å²) in [4.78, 5) is 30.5.